The van der Waals surface area contributed by atoms with Crippen LogP contribution in [-0.4, -0.2) is 52.4 Å². The summed E-state index contributed by atoms with van der Waals surface area (Å²) < 4.78 is 1.72. The Morgan fingerprint density at radius 1 is 1.24 bits per heavy atom. The third kappa shape index (κ3) is 4.67. The predicted molar refractivity (Wildman–Crippen MR) is 135 cm³/mol. The molecule has 0 aliphatic carbocycles. The lowest BCUT2D eigenvalue weighted by Crippen LogP contribution is -2.42. The van der Waals surface area contributed by atoms with E-state index in [1.54, 1.807) is 28.1 Å². The Morgan fingerprint density at radius 2 is 2.06 bits per heavy atom. The van der Waals surface area contributed by atoms with Gasteiger partial charge in [0.2, 0.25) is 5.91 Å². The molecule has 2 radical (unpaired) electrons. The number of amides is 1. The lowest BCUT2D eigenvalue weighted by Gasteiger charge is -2.32. The molecule has 5 rings (SSSR count). The molecule has 33 heavy (non-hydrogen) atoms. The zero-order valence-corrected chi connectivity index (χ0v) is 19.4. The summed E-state index contributed by atoms with van der Waals surface area (Å²) in [6, 6.07) is 11.7. The Morgan fingerprint density at radius 3 is 2.82 bits per heavy atom. The monoisotopic (exact) mass is 473 g/mol. The minimum atomic E-state index is 0.0480. The molecule has 9 heteroatoms. The van der Waals surface area contributed by atoms with Crippen molar-refractivity contribution in [3.63, 3.8) is 0 Å². The molecule has 0 saturated carbocycles. The molecular weight excluding hydrogens is 453 g/mol. The molecular formula is C24H21BClN5OS. The molecule has 1 fully saturated rings. The quantitative estimate of drug-likeness (QED) is 0.351. The van der Waals surface area contributed by atoms with Crippen molar-refractivity contribution in [3.8, 4) is 11.3 Å². The van der Waals surface area contributed by atoms with E-state index in [2.05, 4.69) is 15.4 Å². The normalized spacial score (nSPS) is 14.9. The maximum Gasteiger partial charge on any atom is 0.246 e. The zero-order valence-electron chi connectivity index (χ0n) is 17.8. The Hall–Kier alpha value is -3.10. The van der Waals surface area contributed by atoms with E-state index in [1.807, 2.05) is 58.1 Å². The first-order valence-corrected chi connectivity index (χ1v) is 12.1. The van der Waals surface area contributed by atoms with Crippen molar-refractivity contribution in [1.82, 2.24) is 19.5 Å². The number of carbonyl (C=O) groups is 1. The maximum absolute atomic E-state index is 12.5. The fraction of sp³-hybridized carbons (Fsp3) is 0.208. The van der Waals surface area contributed by atoms with Crippen molar-refractivity contribution < 1.29 is 4.79 Å². The molecule has 1 aliphatic rings. The summed E-state index contributed by atoms with van der Waals surface area (Å²) in [5, 5.41) is 12.6. The molecule has 0 atom stereocenters. The van der Waals surface area contributed by atoms with Crippen LogP contribution in [0.5, 0.6) is 0 Å². The molecule has 1 aliphatic heterocycles. The van der Waals surface area contributed by atoms with Crippen molar-refractivity contribution >= 4 is 59.7 Å². The molecule has 0 spiro atoms. The number of carbonyl (C=O) groups excluding carboxylic acids is 1. The third-order valence-corrected chi connectivity index (χ3v) is 6.80. The van der Waals surface area contributed by atoms with Gasteiger partial charge in [0.25, 0.3) is 0 Å². The van der Waals surface area contributed by atoms with Crippen LogP contribution in [0.2, 0.25) is 5.02 Å². The van der Waals surface area contributed by atoms with Gasteiger partial charge in [-0.3, -0.25) is 4.79 Å². The van der Waals surface area contributed by atoms with Gasteiger partial charge in [0.1, 0.15) is 13.7 Å². The number of hydrogen-bond donors (Lipinski definition) is 1. The highest BCUT2D eigenvalue weighted by atomic mass is 35.5. The number of nitrogens with zero attached hydrogens (tertiary/aromatic N) is 4. The second kappa shape index (κ2) is 9.41. The molecule has 1 saturated heterocycles. The van der Waals surface area contributed by atoms with Gasteiger partial charge in [-0.1, -0.05) is 29.8 Å². The fourth-order valence-corrected chi connectivity index (χ4v) is 4.85. The first-order chi connectivity index (χ1) is 16.1. The Labute approximate surface area is 202 Å². The topological polar surface area (TPSA) is 62.5 Å². The number of rotatable bonds is 5. The fourth-order valence-electron chi connectivity index (χ4n) is 3.99. The SMILES string of the molecule is [B]c1cnn2c(NC3CCN(C(=O)/C=C/c4ccsc4)CC3)cc(-c3ccccc3Cl)nc12. The van der Waals surface area contributed by atoms with Crippen molar-refractivity contribution in [3.05, 3.63) is 70.0 Å². The first kappa shape index (κ1) is 21.7. The minimum Gasteiger partial charge on any atom is -0.367 e. The van der Waals surface area contributed by atoms with Crippen LogP contribution >= 0.6 is 22.9 Å². The summed E-state index contributed by atoms with van der Waals surface area (Å²) in [7, 11) is 6.12. The van der Waals surface area contributed by atoms with Crippen molar-refractivity contribution in [2.24, 2.45) is 0 Å². The number of piperidine rings is 1. The molecule has 0 unspecified atom stereocenters. The highest BCUT2D eigenvalue weighted by Crippen LogP contribution is 2.29. The van der Waals surface area contributed by atoms with Gasteiger partial charge in [0.15, 0.2) is 5.65 Å². The summed E-state index contributed by atoms with van der Waals surface area (Å²) in [6.45, 7) is 1.38. The smallest absolute Gasteiger partial charge is 0.246 e. The summed E-state index contributed by atoms with van der Waals surface area (Å²) in [4.78, 5) is 19.1. The number of benzene rings is 1. The van der Waals surface area contributed by atoms with Gasteiger partial charge in [-0.15, -0.1) is 0 Å². The van der Waals surface area contributed by atoms with Crippen LogP contribution in [0.15, 0.2) is 59.4 Å². The van der Waals surface area contributed by atoms with Crippen LogP contribution in [0, 0.1) is 0 Å². The molecule has 4 heterocycles. The molecule has 0 bridgehead atoms. The van der Waals surface area contributed by atoms with E-state index in [0.717, 1.165) is 35.5 Å². The number of thiophene rings is 1. The van der Waals surface area contributed by atoms with E-state index in [0.29, 0.717) is 29.2 Å². The molecule has 4 aromatic rings. The van der Waals surface area contributed by atoms with Gasteiger partial charge in [0, 0.05) is 48.1 Å². The second-order valence-electron chi connectivity index (χ2n) is 7.98. The van der Waals surface area contributed by atoms with Gasteiger partial charge < -0.3 is 10.2 Å². The zero-order chi connectivity index (χ0) is 22.8. The highest BCUT2D eigenvalue weighted by molar-refractivity contribution is 7.08. The molecule has 164 valence electrons. The summed E-state index contributed by atoms with van der Waals surface area (Å²) in [6.07, 6.45) is 6.80. The number of fused-ring (bicyclic) bond motifs is 1. The summed E-state index contributed by atoms with van der Waals surface area (Å²) in [5.74, 6) is 0.848. The summed E-state index contributed by atoms with van der Waals surface area (Å²) in [5.41, 5.74) is 3.71. The van der Waals surface area contributed by atoms with Crippen LogP contribution in [0.4, 0.5) is 5.82 Å². The molecule has 1 N–H and O–H groups in total. The van der Waals surface area contributed by atoms with Gasteiger partial charge >= 0.3 is 0 Å². The first-order valence-electron chi connectivity index (χ1n) is 10.7. The van der Waals surface area contributed by atoms with E-state index in [9.17, 15) is 4.79 Å². The van der Waals surface area contributed by atoms with Gasteiger partial charge in [-0.2, -0.15) is 21.0 Å². The van der Waals surface area contributed by atoms with Crippen LogP contribution in [0.3, 0.4) is 0 Å². The number of halogens is 1. The van der Waals surface area contributed by atoms with E-state index >= 15 is 0 Å². The van der Waals surface area contributed by atoms with Crippen LogP contribution in [0.25, 0.3) is 23.0 Å². The van der Waals surface area contributed by atoms with Crippen LogP contribution in [0.1, 0.15) is 18.4 Å². The van der Waals surface area contributed by atoms with Gasteiger partial charge in [-0.25, -0.2) is 4.98 Å². The predicted octanol–water partition coefficient (Wildman–Crippen LogP) is 4.02. The number of anilines is 1. The highest BCUT2D eigenvalue weighted by Gasteiger charge is 2.23. The Bertz CT molecular complexity index is 1310. The van der Waals surface area contributed by atoms with E-state index in [-0.39, 0.29) is 11.9 Å². The van der Waals surface area contributed by atoms with E-state index < -0.39 is 0 Å². The minimum absolute atomic E-state index is 0.0480. The van der Waals surface area contributed by atoms with Crippen LogP contribution < -0.4 is 10.8 Å². The van der Waals surface area contributed by atoms with Crippen molar-refractivity contribution in [2.45, 2.75) is 18.9 Å². The number of aromatic nitrogens is 3. The van der Waals surface area contributed by atoms with E-state index in [4.69, 9.17) is 19.4 Å². The Balaban J connectivity index is 1.32. The van der Waals surface area contributed by atoms with Crippen LogP contribution in [-0.2, 0) is 4.79 Å². The lowest BCUT2D eigenvalue weighted by atomic mass is 10.0. The second-order valence-corrected chi connectivity index (χ2v) is 9.16. The number of nitrogens with one attached hydrogen (secondary N) is 1. The van der Waals surface area contributed by atoms with Crippen molar-refractivity contribution in [2.75, 3.05) is 18.4 Å². The lowest BCUT2D eigenvalue weighted by molar-refractivity contribution is -0.126. The number of likely N-dealkylation sites (tertiary alicyclic amines) is 1. The standard InChI is InChI=1S/C24H21BClN5OS/c25-19-14-27-31-22(13-21(29-24(19)31)18-3-1-2-4-20(18)26)28-17-7-10-30(11-8-17)23(32)6-5-16-9-12-33-15-16/h1-6,9,12-15,17,28H,7-8,10-11H2/b6-5+. The number of hydrogen-bond acceptors (Lipinski definition) is 5. The largest absolute Gasteiger partial charge is 0.367 e. The average Bonchev–Trinajstić information content (AvgIpc) is 3.48. The maximum atomic E-state index is 12.5. The average molecular weight is 474 g/mol. The van der Waals surface area contributed by atoms with Gasteiger partial charge in [-0.05, 0) is 52.8 Å². The summed E-state index contributed by atoms with van der Waals surface area (Å²) >= 11 is 8.03. The molecule has 3 aromatic heterocycles. The molecule has 1 aromatic carbocycles. The Kier molecular flexibility index (Phi) is 6.20. The third-order valence-electron chi connectivity index (χ3n) is 5.77. The van der Waals surface area contributed by atoms with Crippen molar-refractivity contribution in [1.29, 1.82) is 0 Å². The van der Waals surface area contributed by atoms with Gasteiger partial charge in [0.05, 0.1) is 5.69 Å². The van der Waals surface area contributed by atoms with E-state index in [1.165, 1.54) is 0 Å². The molecule has 6 nitrogen and oxygen atoms in total. The molecule has 1 amide bonds.